The van der Waals surface area contributed by atoms with Crippen LogP contribution in [0.3, 0.4) is 0 Å². The summed E-state index contributed by atoms with van der Waals surface area (Å²) >= 11 is 3.82. The van der Waals surface area contributed by atoms with Crippen molar-refractivity contribution in [2.45, 2.75) is 252 Å². The summed E-state index contributed by atoms with van der Waals surface area (Å²) in [5, 5.41) is 25.7. The molecular weight excluding hydrogens is 1110 g/mol. The number of carbonyl (C=O) groups excluding carboxylic acids is 8. The second-order valence-electron chi connectivity index (χ2n) is 24.7. The molecule has 6 atom stereocenters. The van der Waals surface area contributed by atoms with Crippen LogP contribution in [0, 0.1) is 0 Å². The number of amides is 8. The van der Waals surface area contributed by atoms with Gasteiger partial charge in [-0.1, -0.05) is 44.9 Å². The summed E-state index contributed by atoms with van der Waals surface area (Å²) in [6.07, 6.45) is 23.6. The summed E-state index contributed by atoms with van der Waals surface area (Å²) in [5.41, 5.74) is 0. The summed E-state index contributed by atoms with van der Waals surface area (Å²) < 4.78 is 0. The number of ketones is 2. The van der Waals surface area contributed by atoms with Crippen LogP contribution >= 0.6 is 23.5 Å². The number of thioether (sulfide) groups is 2. The van der Waals surface area contributed by atoms with Crippen molar-refractivity contribution in [3.8, 4) is 0 Å². The molecule has 24 heteroatoms. The van der Waals surface area contributed by atoms with Crippen LogP contribution in [0.2, 0.25) is 0 Å². The minimum absolute atomic E-state index is 0.0542. The van der Waals surface area contributed by atoms with Crippen LogP contribution in [0.1, 0.15) is 200 Å². The number of unbranched alkanes of at least 4 members (excludes halogenated alkanes) is 10. The van der Waals surface area contributed by atoms with Crippen molar-refractivity contribution in [1.29, 1.82) is 0 Å². The Bertz CT molecular complexity index is 2210. The number of hydrogen-bond acceptors (Lipinski definition) is 16. The molecule has 7 aliphatic heterocycles. The van der Waals surface area contributed by atoms with Gasteiger partial charge >= 0.3 is 12.1 Å². The second-order valence-corrected chi connectivity index (χ2v) is 27.2. The topological polar surface area (TPSA) is 281 Å². The van der Waals surface area contributed by atoms with Crippen molar-refractivity contribution in [3.05, 3.63) is 0 Å². The number of anilines is 3. The van der Waals surface area contributed by atoms with Crippen LogP contribution < -0.4 is 57.2 Å². The quantitative estimate of drug-likeness (QED) is 0.0279. The van der Waals surface area contributed by atoms with Crippen LogP contribution in [0.5, 0.6) is 0 Å². The van der Waals surface area contributed by atoms with Gasteiger partial charge in [0.25, 0.3) is 0 Å². The first-order valence-electron chi connectivity index (χ1n) is 32.4. The van der Waals surface area contributed by atoms with Crippen LogP contribution in [0.4, 0.5) is 27.4 Å². The Labute approximate surface area is 506 Å². The molecule has 0 aromatic carbocycles. The molecule has 84 heavy (non-hydrogen) atoms. The molecule has 7 fully saturated rings. The number of urea groups is 2. The van der Waals surface area contributed by atoms with Gasteiger partial charge in [0.15, 0.2) is 0 Å². The average Bonchev–Trinajstić information content (AvgIpc) is 4.25. The van der Waals surface area contributed by atoms with E-state index in [1.54, 1.807) is 6.92 Å². The zero-order chi connectivity index (χ0) is 59.0. The van der Waals surface area contributed by atoms with Gasteiger partial charge in [-0.3, -0.25) is 24.0 Å². The van der Waals surface area contributed by atoms with Gasteiger partial charge < -0.3 is 62.0 Å². The Kier molecular flexibility index (Phi) is 26.5. The van der Waals surface area contributed by atoms with Crippen LogP contribution in [0.15, 0.2) is 0 Å². The van der Waals surface area contributed by atoms with E-state index < -0.39 is 0 Å². The Morgan fingerprint density at radius 1 is 0.440 bits per heavy atom. The van der Waals surface area contributed by atoms with E-state index in [2.05, 4.69) is 57.2 Å². The molecule has 0 radical (unpaired) electrons. The third-order valence-electron chi connectivity index (χ3n) is 17.9. The fourth-order valence-corrected chi connectivity index (χ4v) is 16.0. The van der Waals surface area contributed by atoms with Gasteiger partial charge in [-0.25, -0.2) is 9.59 Å². The summed E-state index contributed by atoms with van der Waals surface area (Å²) in [5.74, 6) is 4.57. The predicted molar refractivity (Wildman–Crippen MR) is 330 cm³/mol. The standard InChI is InChI=1S/C60H98N14O8S2/c1-41(75)17-7-2-4-9-23-51(78)62-42-26-33-72(34-27-42)56-69-57(73-35-28-43(29-36-73)63-52(79)24-10-5-3-8-18-45(76)19-12-13-20-48-54-46(39-83-48)65-59(81)67-54)71-58(70-56)74-37-30-44(31-38-74)64-53(80)25-11-6-16-32-61-50(77)22-15-14-21-49-55-47(40-84-49)66-60(82)68-55/h42-44,46-49,54-55H,2-40H2,1H3,(H,61,77)(H,62,78)(H,63,79)(H,64,80)(H2,65,67,81)(H2,66,68,82)/t46?,47?,48-,49-,54?,55?/m0/s1. The Morgan fingerprint density at radius 2 is 0.786 bits per heavy atom. The van der Waals surface area contributed by atoms with Crippen molar-refractivity contribution >= 4 is 88.6 Å². The minimum Gasteiger partial charge on any atom is -0.356 e. The summed E-state index contributed by atoms with van der Waals surface area (Å²) in [4.78, 5) is 120. The number of nitrogens with zero attached hydrogens (tertiary/aromatic N) is 6. The maximum Gasteiger partial charge on any atom is 0.315 e. The number of hydrogen-bond donors (Lipinski definition) is 8. The Morgan fingerprint density at radius 3 is 1.19 bits per heavy atom. The molecule has 0 spiro atoms. The number of Topliss-reactive ketones (excluding diaryl/α,β-unsaturated/α-hetero) is 2. The number of fused-ring (bicyclic) bond motifs is 2. The van der Waals surface area contributed by atoms with E-state index in [0.29, 0.717) is 125 Å². The van der Waals surface area contributed by atoms with Gasteiger partial charge in [-0.05, 0) is 110 Å². The molecule has 1 aromatic heterocycles. The number of carbonyl (C=O) groups is 8. The molecule has 468 valence electrons. The van der Waals surface area contributed by atoms with E-state index >= 15 is 0 Å². The number of rotatable bonds is 36. The monoisotopic (exact) mass is 1210 g/mol. The van der Waals surface area contributed by atoms with Crippen molar-refractivity contribution in [2.75, 3.05) is 72.0 Å². The molecule has 7 saturated heterocycles. The molecule has 1 aromatic rings. The van der Waals surface area contributed by atoms with E-state index in [0.717, 1.165) is 159 Å². The molecule has 22 nitrogen and oxygen atoms in total. The largest absolute Gasteiger partial charge is 0.356 e. The van der Waals surface area contributed by atoms with Crippen molar-refractivity contribution < 1.29 is 38.4 Å². The zero-order valence-corrected chi connectivity index (χ0v) is 51.7. The van der Waals surface area contributed by atoms with E-state index in [9.17, 15) is 38.4 Å². The van der Waals surface area contributed by atoms with Gasteiger partial charge in [0.05, 0.1) is 24.2 Å². The highest BCUT2D eigenvalue weighted by Gasteiger charge is 2.44. The first-order chi connectivity index (χ1) is 40.8. The lowest BCUT2D eigenvalue weighted by Crippen LogP contribution is -2.47. The Balaban J connectivity index is 0.715. The van der Waals surface area contributed by atoms with Crippen LogP contribution in [-0.4, -0.2) is 172 Å². The zero-order valence-electron chi connectivity index (χ0n) is 50.0. The molecule has 0 bridgehead atoms. The third-order valence-corrected chi connectivity index (χ3v) is 21.0. The molecule has 8 N–H and O–H groups in total. The highest BCUT2D eigenvalue weighted by molar-refractivity contribution is 8.00. The second kappa shape index (κ2) is 34.3. The lowest BCUT2D eigenvalue weighted by Gasteiger charge is -2.36. The molecule has 0 aliphatic carbocycles. The molecule has 7 aliphatic rings. The van der Waals surface area contributed by atoms with E-state index in [-0.39, 0.29) is 83.8 Å². The van der Waals surface area contributed by atoms with Gasteiger partial charge in [0.2, 0.25) is 41.5 Å². The van der Waals surface area contributed by atoms with Crippen molar-refractivity contribution in [1.82, 2.24) is 57.5 Å². The minimum atomic E-state index is -0.0700. The lowest BCUT2D eigenvalue weighted by atomic mass is 10.0. The number of piperidine rings is 3. The number of aromatic nitrogens is 3. The van der Waals surface area contributed by atoms with Crippen LogP contribution in [-0.2, 0) is 28.8 Å². The SMILES string of the molecule is CC(=O)CCCCCCC(=O)NC1CCN(c2nc(N3CCC(NC(=O)CCCCCCC(=O)CCCC[C@@H]4SCC5NC(=O)NC54)CC3)nc(N3CCC(NC(=O)CCCCCNC(=O)CCCC[C@@H]4SCC5NC(=O)NC54)CC3)n2)CC1. The molecule has 8 rings (SSSR count). The van der Waals surface area contributed by atoms with E-state index in [1.165, 1.54) is 0 Å². The molecule has 8 heterocycles. The van der Waals surface area contributed by atoms with Gasteiger partial charge in [-0.2, -0.15) is 38.5 Å². The van der Waals surface area contributed by atoms with Gasteiger partial charge in [0.1, 0.15) is 11.6 Å². The molecule has 8 amide bonds. The van der Waals surface area contributed by atoms with E-state index in [1.807, 2.05) is 23.5 Å². The first-order valence-corrected chi connectivity index (χ1v) is 34.5. The molecule has 0 saturated carbocycles. The van der Waals surface area contributed by atoms with Crippen molar-refractivity contribution in [2.24, 2.45) is 0 Å². The van der Waals surface area contributed by atoms with Crippen molar-refractivity contribution in [3.63, 3.8) is 0 Å². The number of nitrogens with one attached hydrogen (secondary N) is 8. The maximum absolute atomic E-state index is 13.1. The summed E-state index contributed by atoms with van der Waals surface area (Å²) in [6, 6.07) is 0.938. The van der Waals surface area contributed by atoms with E-state index in [4.69, 9.17) is 15.0 Å². The smallest absolute Gasteiger partial charge is 0.315 e. The first kappa shape index (κ1) is 64.9. The molecule has 4 unspecified atom stereocenters. The fraction of sp³-hybridized carbons (Fsp3) is 0.817. The van der Waals surface area contributed by atoms with Gasteiger partial charge in [-0.15, -0.1) is 0 Å². The van der Waals surface area contributed by atoms with Crippen LogP contribution in [0.25, 0.3) is 0 Å². The highest BCUT2D eigenvalue weighted by Crippen LogP contribution is 2.35. The highest BCUT2D eigenvalue weighted by atomic mass is 32.2. The van der Waals surface area contributed by atoms with Gasteiger partial charge in [0, 0.05) is 131 Å². The summed E-state index contributed by atoms with van der Waals surface area (Å²) in [7, 11) is 0. The maximum atomic E-state index is 13.1. The normalized spacial score (nSPS) is 23.5. The lowest BCUT2D eigenvalue weighted by molar-refractivity contribution is -0.122. The average molecular weight is 1210 g/mol. The fourth-order valence-electron chi connectivity index (χ4n) is 12.9. The Hall–Kier alpha value is -5.13. The predicted octanol–water partition coefficient (Wildman–Crippen LogP) is 6.09. The molecular formula is C60H98N14O8S2. The third kappa shape index (κ3) is 21.4. The summed E-state index contributed by atoms with van der Waals surface area (Å²) in [6.45, 7) is 6.37.